The lowest BCUT2D eigenvalue weighted by Gasteiger charge is -2.24. The third kappa shape index (κ3) is 1.03. The molecule has 0 amide bonds. The van der Waals surface area contributed by atoms with Crippen molar-refractivity contribution in [2.75, 3.05) is 26.3 Å². The van der Waals surface area contributed by atoms with Crippen molar-refractivity contribution in [3.63, 3.8) is 0 Å². The van der Waals surface area contributed by atoms with E-state index in [-0.39, 0.29) is 11.3 Å². The molecule has 68 valence electrons. The van der Waals surface area contributed by atoms with Crippen LogP contribution in [0.2, 0.25) is 0 Å². The van der Waals surface area contributed by atoms with E-state index in [2.05, 4.69) is 5.32 Å². The van der Waals surface area contributed by atoms with Crippen molar-refractivity contribution in [3.8, 4) is 0 Å². The molecule has 2 heterocycles. The first-order valence-electron chi connectivity index (χ1n) is 4.26. The number of nitrogens with one attached hydrogen (secondary N) is 1. The van der Waals surface area contributed by atoms with E-state index in [0.29, 0.717) is 19.8 Å². The van der Waals surface area contributed by atoms with Crippen LogP contribution >= 0.6 is 0 Å². The Balaban J connectivity index is 2.17. The van der Waals surface area contributed by atoms with E-state index in [1.54, 1.807) is 0 Å². The van der Waals surface area contributed by atoms with Crippen molar-refractivity contribution in [1.29, 1.82) is 0 Å². The molecule has 2 N–H and O–H groups in total. The molecular weight excluding hydrogens is 158 g/mol. The Bertz CT molecular complexity index is 193. The number of hydrogen-bond acceptors (Lipinski definition) is 3. The summed E-state index contributed by atoms with van der Waals surface area (Å²) in [5.41, 5.74) is -0.105. The molecule has 2 fully saturated rings. The zero-order valence-corrected chi connectivity index (χ0v) is 6.88. The van der Waals surface area contributed by atoms with E-state index in [4.69, 9.17) is 9.84 Å². The molecule has 0 aromatic heterocycles. The smallest absolute Gasteiger partial charge is 0.308 e. The molecule has 1 spiro atoms. The predicted molar refractivity (Wildman–Crippen MR) is 41.9 cm³/mol. The largest absolute Gasteiger partial charge is 0.481 e. The quantitative estimate of drug-likeness (QED) is 0.568. The molecule has 0 aromatic carbocycles. The summed E-state index contributed by atoms with van der Waals surface area (Å²) in [5, 5.41) is 12.1. The molecule has 2 atom stereocenters. The SMILES string of the molecule is O=C(O)[C@H]1CNC[C@@]12CCOC2. The third-order valence-electron chi connectivity index (χ3n) is 3.00. The summed E-state index contributed by atoms with van der Waals surface area (Å²) in [6, 6.07) is 0. The topological polar surface area (TPSA) is 58.6 Å². The van der Waals surface area contributed by atoms with Crippen molar-refractivity contribution in [2.45, 2.75) is 6.42 Å². The Morgan fingerprint density at radius 2 is 2.50 bits per heavy atom. The molecule has 0 radical (unpaired) electrons. The van der Waals surface area contributed by atoms with E-state index in [1.807, 2.05) is 0 Å². The monoisotopic (exact) mass is 171 g/mol. The minimum atomic E-state index is -0.689. The van der Waals surface area contributed by atoms with E-state index >= 15 is 0 Å². The van der Waals surface area contributed by atoms with Crippen LogP contribution in [0.15, 0.2) is 0 Å². The summed E-state index contributed by atoms with van der Waals surface area (Å²) >= 11 is 0. The third-order valence-corrected chi connectivity index (χ3v) is 3.00. The van der Waals surface area contributed by atoms with Gasteiger partial charge in [0.15, 0.2) is 0 Å². The molecule has 0 bridgehead atoms. The average Bonchev–Trinajstić information content (AvgIpc) is 2.61. The lowest BCUT2D eigenvalue weighted by molar-refractivity contribution is -0.144. The van der Waals surface area contributed by atoms with Gasteiger partial charge in [-0.1, -0.05) is 0 Å². The van der Waals surface area contributed by atoms with Gasteiger partial charge >= 0.3 is 5.97 Å². The molecule has 2 saturated heterocycles. The number of ether oxygens (including phenoxy) is 1. The van der Waals surface area contributed by atoms with Crippen LogP contribution < -0.4 is 5.32 Å². The Labute approximate surface area is 70.9 Å². The molecule has 2 aliphatic rings. The van der Waals surface area contributed by atoms with Gasteiger partial charge < -0.3 is 15.2 Å². The highest BCUT2D eigenvalue weighted by molar-refractivity contribution is 5.72. The fraction of sp³-hybridized carbons (Fsp3) is 0.875. The standard InChI is InChI=1S/C8H13NO3/c10-7(11)6-3-9-4-8(6)1-2-12-5-8/h6,9H,1-5H2,(H,10,11)/t6-,8-/m1/s1. The summed E-state index contributed by atoms with van der Waals surface area (Å²) < 4.78 is 5.26. The second-order valence-corrected chi connectivity index (χ2v) is 3.69. The lowest BCUT2D eigenvalue weighted by atomic mass is 9.77. The summed E-state index contributed by atoms with van der Waals surface area (Å²) in [6.07, 6.45) is 0.886. The summed E-state index contributed by atoms with van der Waals surface area (Å²) in [6.45, 7) is 2.71. The van der Waals surface area contributed by atoms with Crippen LogP contribution in [0.1, 0.15) is 6.42 Å². The normalized spacial score (nSPS) is 40.8. The van der Waals surface area contributed by atoms with Gasteiger partial charge in [0.2, 0.25) is 0 Å². The molecule has 2 aliphatic heterocycles. The van der Waals surface area contributed by atoms with Gasteiger partial charge in [-0.25, -0.2) is 0 Å². The minimum Gasteiger partial charge on any atom is -0.481 e. The first-order chi connectivity index (χ1) is 5.75. The fourth-order valence-corrected chi connectivity index (χ4v) is 2.19. The van der Waals surface area contributed by atoms with Crippen LogP contribution in [0, 0.1) is 11.3 Å². The zero-order valence-electron chi connectivity index (χ0n) is 6.88. The Morgan fingerprint density at radius 1 is 1.67 bits per heavy atom. The first kappa shape index (κ1) is 8.01. The van der Waals surface area contributed by atoms with Gasteiger partial charge in [0, 0.05) is 25.1 Å². The van der Waals surface area contributed by atoms with E-state index < -0.39 is 5.97 Å². The van der Waals surface area contributed by atoms with Gasteiger partial charge in [-0.3, -0.25) is 4.79 Å². The predicted octanol–water partition coefficient (Wildman–Crippen LogP) is -0.303. The fourth-order valence-electron chi connectivity index (χ4n) is 2.19. The molecular formula is C8H13NO3. The van der Waals surface area contributed by atoms with E-state index in [0.717, 1.165) is 13.0 Å². The summed E-state index contributed by atoms with van der Waals surface area (Å²) in [4.78, 5) is 10.9. The van der Waals surface area contributed by atoms with Crippen LogP contribution in [0.3, 0.4) is 0 Å². The van der Waals surface area contributed by atoms with Crippen LogP contribution in [0.5, 0.6) is 0 Å². The van der Waals surface area contributed by atoms with Gasteiger partial charge in [-0.2, -0.15) is 0 Å². The van der Waals surface area contributed by atoms with Crippen LogP contribution in [0.4, 0.5) is 0 Å². The van der Waals surface area contributed by atoms with E-state index in [1.165, 1.54) is 0 Å². The Morgan fingerprint density at radius 3 is 3.08 bits per heavy atom. The number of hydrogen-bond donors (Lipinski definition) is 2. The highest BCUT2D eigenvalue weighted by Gasteiger charge is 2.49. The molecule has 0 aliphatic carbocycles. The number of carbonyl (C=O) groups is 1. The Hall–Kier alpha value is -0.610. The summed E-state index contributed by atoms with van der Waals surface area (Å²) in [7, 11) is 0. The zero-order chi connectivity index (χ0) is 8.60. The highest BCUT2D eigenvalue weighted by atomic mass is 16.5. The number of carboxylic acids is 1. The maximum absolute atomic E-state index is 10.9. The first-order valence-corrected chi connectivity index (χ1v) is 4.26. The van der Waals surface area contributed by atoms with Gasteiger partial charge in [-0.15, -0.1) is 0 Å². The van der Waals surface area contributed by atoms with Gasteiger partial charge in [0.05, 0.1) is 12.5 Å². The van der Waals surface area contributed by atoms with Crippen molar-refractivity contribution < 1.29 is 14.6 Å². The second-order valence-electron chi connectivity index (χ2n) is 3.69. The van der Waals surface area contributed by atoms with Crippen molar-refractivity contribution >= 4 is 5.97 Å². The van der Waals surface area contributed by atoms with Gasteiger partial charge in [0.25, 0.3) is 0 Å². The van der Waals surface area contributed by atoms with Crippen molar-refractivity contribution in [2.24, 2.45) is 11.3 Å². The molecule has 4 heteroatoms. The maximum Gasteiger partial charge on any atom is 0.308 e. The van der Waals surface area contributed by atoms with Crippen molar-refractivity contribution in [3.05, 3.63) is 0 Å². The molecule has 2 rings (SSSR count). The highest BCUT2D eigenvalue weighted by Crippen LogP contribution is 2.39. The number of aliphatic carboxylic acids is 1. The molecule has 4 nitrogen and oxygen atoms in total. The van der Waals surface area contributed by atoms with Gasteiger partial charge in [0.1, 0.15) is 0 Å². The van der Waals surface area contributed by atoms with Crippen LogP contribution in [-0.2, 0) is 9.53 Å². The van der Waals surface area contributed by atoms with Crippen LogP contribution in [0.25, 0.3) is 0 Å². The van der Waals surface area contributed by atoms with Crippen molar-refractivity contribution in [1.82, 2.24) is 5.32 Å². The number of carboxylic acid groups (broad SMARTS) is 1. The van der Waals surface area contributed by atoms with E-state index in [9.17, 15) is 4.79 Å². The van der Waals surface area contributed by atoms with Crippen LogP contribution in [-0.4, -0.2) is 37.4 Å². The maximum atomic E-state index is 10.9. The summed E-state index contributed by atoms with van der Waals surface area (Å²) in [5.74, 6) is -0.939. The molecule has 0 saturated carbocycles. The lowest BCUT2D eigenvalue weighted by Crippen LogP contribution is -2.35. The average molecular weight is 171 g/mol. The van der Waals surface area contributed by atoms with Gasteiger partial charge in [-0.05, 0) is 6.42 Å². The molecule has 12 heavy (non-hydrogen) atoms. The number of rotatable bonds is 1. The second kappa shape index (κ2) is 2.71. The molecule has 0 unspecified atom stereocenters. The Kier molecular flexibility index (Phi) is 1.81. The molecule has 0 aromatic rings. The minimum absolute atomic E-state index is 0.105.